The molecule has 1 N–H and O–H groups in total. The van der Waals surface area contributed by atoms with Gasteiger partial charge in [0.05, 0.1) is 5.02 Å². The van der Waals surface area contributed by atoms with Gasteiger partial charge in [-0.3, -0.25) is 4.79 Å². The van der Waals surface area contributed by atoms with Crippen LogP contribution < -0.4 is 5.32 Å². The van der Waals surface area contributed by atoms with E-state index in [4.69, 9.17) is 11.6 Å². The summed E-state index contributed by atoms with van der Waals surface area (Å²) in [5, 5.41) is 3.63. The largest absolute Gasteiger partial charge is 0.342 e. The summed E-state index contributed by atoms with van der Waals surface area (Å²) in [4.78, 5) is 14.0. The van der Waals surface area contributed by atoms with Gasteiger partial charge >= 0.3 is 0 Å². The Morgan fingerprint density at radius 2 is 2.23 bits per heavy atom. The Morgan fingerprint density at radius 3 is 2.82 bits per heavy atom. The second kappa shape index (κ2) is 7.42. The highest BCUT2D eigenvalue weighted by Crippen LogP contribution is 2.20. The maximum atomic E-state index is 13.4. The fourth-order valence-electron chi connectivity index (χ4n) is 2.91. The fourth-order valence-corrected chi connectivity index (χ4v) is 3.03. The van der Waals surface area contributed by atoms with E-state index in [1.165, 1.54) is 6.07 Å². The summed E-state index contributed by atoms with van der Waals surface area (Å²) in [7, 11) is 0. The van der Waals surface area contributed by atoms with E-state index in [9.17, 15) is 9.18 Å². The second-order valence-corrected chi connectivity index (χ2v) is 6.85. The molecule has 2 atom stereocenters. The molecular weight excluding hydrogens is 303 g/mol. The molecule has 1 amide bonds. The third kappa shape index (κ3) is 4.20. The summed E-state index contributed by atoms with van der Waals surface area (Å²) in [6, 6.07) is 5.23. The Morgan fingerprint density at radius 1 is 1.50 bits per heavy atom. The van der Waals surface area contributed by atoms with Crippen molar-refractivity contribution < 1.29 is 9.18 Å². The lowest BCUT2D eigenvalue weighted by atomic mass is 9.93. The zero-order valence-electron chi connectivity index (χ0n) is 13.4. The number of carbonyl (C=O) groups is 1. The van der Waals surface area contributed by atoms with Crippen LogP contribution in [0.3, 0.4) is 0 Å². The highest BCUT2D eigenvalue weighted by molar-refractivity contribution is 6.30. The molecule has 1 fully saturated rings. The Kier molecular flexibility index (Phi) is 5.81. The van der Waals surface area contributed by atoms with Crippen LogP contribution in [0.2, 0.25) is 5.02 Å². The standard InChI is InChI=1S/C17H24ClFN2O/c1-11(2)17(22)21-7-6-16(12(3)10-21)20-9-13-4-5-14(18)15(19)8-13/h4-5,8,11-12,16,20H,6-7,9-10H2,1-3H3/t12-,16-/m1/s1. The lowest BCUT2D eigenvalue weighted by Crippen LogP contribution is -2.50. The number of hydrogen-bond acceptors (Lipinski definition) is 2. The molecule has 1 heterocycles. The van der Waals surface area contributed by atoms with Crippen LogP contribution in [0.1, 0.15) is 32.8 Å². The van der Waals surface area contributed by atoms with E-state index in [0.717, 1.165) is 25.1 Å². The quantitative estimate of drug-likeness (QED) is 0.919. The van der Waals surface area contributed by atoms with Crippen molar-refractivity contribution in [2.75, 3.05) is 13.1 Å². The average molecular weight is 327 g/mol. The minimum Gasteiger partial charge on any atom is -0.342 e. The van der Waals surface area contributed by atoms with Crippen LogP contribution in [0.15, 0.2) is 18.2 Å². The van der Waals surface area contributed by atoms with Crippen LogP contribution in [0.4, 0.5) is 4.39 Å². The maximum absolute atomic E-state index is 13.4. The van der Waals surface area contributed by atoms with Crippen LogP contribution in [0.5, 0.6) is 0 Å². The van der Waals surface area contributed by atoms with Gasteiger partial charge in [-0.25, -0.2) is 4.39 Å². The number of nitrogens with one attached hydrogen (secondary N) is 1. The van der Waals surface area contributed by atoms with Crippen LogP contribution in [-0.4, -0.2) is 29.9 Å². The Balaban J connectivity index is 1.87. The molecule has 0 aromatic heterocycles. The molecule has 2 rings (SSSR count). The maximum Gasteiger partial charge on any atom is 0.225 e. The zero-order valence-corrected chi connectivity index (χ0v) is 14.2. The summed E-state index contributed by atoms with van der Waals surface area (Å²) >= 11 is 5.69. The van der Waals surface area contributed by atoms with E-state index < -0.39 is 0 Å². The highest BCUT2D eigenvalue weighted by Gasteiger charge is 2.29. The van der Waals surface area contributed by atoms with Crippen molar-refractivity contribution in [2.24, 2.45) is 11.8 Å². The summed E-state index contributed by atoms with van der Waals surface area (Å²) in [5.41, 5.74) is 0.884. The Bertz CT molecular complexity index is 535. The number of hydrogen-bond donors (Lipinski definition) is 1. The number of halogens is 2. The summed E-state index contributed by atoms with van der Waals surface area (Å²) in [5.74, 6) is 0.277. The van der Waals surface area contributed by atoms with Gasteiger partial charge in [-0.15, -0.1) is 0 Å². The molecule has 22 heavy (non-hydrogen) atoms. The van der Waals surface area contributed by atoms with Crippen LogP contribution in [0, 0.1) is 17.7 Å². The first-order valence-electron chi connectivity index (χ1n) is 7.84. The van der Waals surface area contributed by atoms with Gasteiger partial charge in [0.15, 0.2) is 0 Å². The molecule has 5 heteroatoms. The molecule has 1 aliphatic rings. The van der Waals surface area contributed by atoms with E-state index in [1.807, 2.05) is 24.8 Å². The molecule has 0 spiro atoms. The van der Waals surface area contributed by atoms with E-state index >= 15 is 0 Å². The van der Waals surface area contributed by atoms with Crippen molar-refractivity contribution in [1.82, 2.24) is 10.2 Å². The minimum atomic E-state index is -0.383. The molecule has 1 saturated heterocycles. The van der Waals surface area contributed by atoms with Gasteiger partial charge in [-0.2, -0.15) is 0 Å². The molecule has 122 valence electrons. The first-order chi connectivity index (χ1) is 10.4. The zero-order chi connectivity index (χ0) is 16.3. The number of rotatable bonds is 4. The Hall–Kier alpha value is -1.13. The normalized spacial score (nSPS) is 22.2. The Labute approximate surface area is 136 Å². The fraction of sp³-hybridized carbons (Fsp3) is 0.588. The third-order valence-electron chi connectivity index (χ3n) is 4.26. The average Bonchev–Trinajstić information content (AvgIpc) is 2.48. The van der Waals surface area contributed by atoms with Crippen molar-refractivity contribution in [3.8, 4) is 0 Å². The summed E-state index contributed by atoms with van der Waals surface area (Å²) in [6.45, 7) is 8.21. The smallest absolute Gasteiger partial charge is 0.225 e. The van der Waals surface area contributed by atoms with Crippen LogP contribution in [0.25, 0.3) is 0 Å². The first kappa shape index (κ1) is 17.2. The lowest BCUT2D eigenvalue weighted by molar-refractivity contribution is -0.136. The monoisotopic (exact) mass is 326 g/mol. The number of nitrogens with zero attached hydrogens (tertiary/aromatic N) is 1. The van der Waals surface area contributed by atoms with Gasteiger partial charge in [0.25, 0.3) is 0 Å². The van der Waals surface area contributed by atoms with Gasteiger partial charge in [-0.05, 0) is 30.0 Å². The number of piperidine rings is 1. The van der Waals surface area contributed by atoms with E-state index in [1.54, 1.807) is 6.07 Å². The lowest BCUT2D eigenvalue weighted by Gasteiger charge is -2.38. The molecule has 0 radical (unpaired) electrons. The van der Waals surface area contributed by atoms with Crippen LogP contribution >= 0.6 is 11.6 Å². The molecule has 1 aliphatic heterocycles. The molecule has 1 aromatic carbocycles. The van der Waals surface area contributed by atoms with Gasteiger partial charge in [0, 0.05) is 31.6 Å². The SMILES string of the molecule is CC(C)C(=O)N1CC[C@@H](NCc2ccc(Cl)c(F)c2)[C@H](C)C1. The summed E-state index contributed by atoms with van der Waals surface area (Å²) in [6.07, 6.45) is 0.926. The van der Waals surface area contributed by atoms with Gasteiger partial charge in [0.1, 0.15) is 5.82 Å². The molecule has 3 nitrogen and oxygen atoms in total. The predicted octanol–water partition coefficient (Wildman–Crippen LogP) is 3.46. The van der Waals surface area contributed by atoms with E-state index in [-0.39, 0.29) is 22.7 Å². The molecular formula is C17H24ClFN2O. The van der Waals surface area contributed by atoms with Gasteiger partial charge in [-0.1, -0.05) is 38.4 Å². The molecule has 0 aliphatic carbocycles. The number of carbonyl (C=O) groups excluding carboxylic acids is 1. The topological polar surface area (TPSA) is 32.3 Å². The van der Waals surface area contributed by atoms with E-state index in [0.29, 0.717) is 18.5 Å². The van der Waals surface area contributed by atoms with Crippen molar-refractivity contribution in [2.45, 2.75) is 39.8 Å². The highest BCUT2D eigenvalue weighted by atomic mass is 35.5. The molecule has 1 aromatic rings. The molecule has 0 bridgehead atoms. The van der Waals surface area contributed by atoms with Gasteiger partial charge < -0.3 is 10.2 Å². The van der Waals surface area contributed by atoms with Crippen molar-refractivity contribution in [1.29, 1.82) is 0 Å². The summed E-state index contributed by atoms with van der Waals surface area (Å²) < 4.78 is 13.4. The minimum absolute atomic E-state index is 0.0498. The van der Waals surface area contributed by atoms with E-state index in [2.05, 4.69) is 12.2 Å². The van der Waals surface area contributed by atoms with Crippen molar-refractivity contribution in [3.63, 3.8) is 0 Å². The third-order valence-corrected chi connectivity index (χ3v) is 4.57. The van der Waals surface area contributed by atoms with Crippen LogP contribution in [-0.2, 0) is 11.3 Å². The first-order valence-corrected chi connectivity index (χ1v) is 8.22. The molecule has 0 saturated carbocycles. The predicted molar refractivity (Wildman–Crippen MR) is 87.2 cm³/mol. The molecule has 0 unspecified atom stereocenters. The number of amides is 1. The van der Waals surface area contributed by atoms with Gasteiger partial charge in [0.2, 0.25) is 5.91 Å². The van der Waals surface area contributed by atoms with Crippen molar-refractivity contribution >= 4 is 17.5 Å². The van der Waals surface area contributed by atoms with Crippen molar-refractivity contribution in [3.05, 3.63) is 34.6 Å². The second-order valence-electron chi connectivity index (χ2n) is 6.44. The number of likely N-dealkylation sites (tertiary alicyclic amines) is 1. The number of benzene rings is 1.